The van der Waals surface area contributed by atoms with Gasteiger partial charge in [-0.3, -0.25) is 4.79 Å². The number of rotatable bonds is 3. The topological polar surface area (TPSA) is 37.3 Å². The van der Waals surface area contributed by atoms with Crippen LogP contribution in [0.1, 0.15) is 34.6 Å². The average molecular weight is 266 g/mol. The Morgan fingerprint density at radius 3 is 2.65 bits per heavy atom. The smallest absolute Gasteiger partial charge is 0.303 e. The van der Waals surface area contributed by atoms with Gasteiger partial charge in [0.1, 0.15) is 0 Å². The molecule has 0 saturated carbocycles. The minimum absolute atomic E-state index is 0.159. The van der Waals surface area contributed by atoms with Gasteiger partial charge >= 0.3 is 5.97 Å². The van der Waals surface area contributed by atoms with E-state index in [-0.39, 0.29) is 18.3 Å². The molecule has 0 bridgehead atoms. The molecule has 0 fully saturated rings. The SMILES string of the molecule is Cc1ccc2c(c1)CC(CC(=O)O)C2c1ccccc1. The Kier molecular flexibility index (Phi) is 3.31. The molecule has 0 aromatic heterocycles. The molecule has 0 aliphatic heterocycles. The zero-order chi connectivity index (χ0) is 14.1. The van der Waals surface area contributed by atoms with E-state index in [2.05, 4.69) is 37.3 Å². The van der Waals surface area contributed by atoms with Crippen LogP contribution >= 0.6 is 0 Å². The van der Waals surface area contributed by atoms with Crippen molar-refractivity contribution >= 4 is 5.97 Å². The van der Waals surface area contributed by atoms with Gasteiger partial charge in [0.25, 0.3) is 0 Å². The highest BCUT2D eigenvalue weighted by molar-refractivity contribution is 5.68. The molecule has 0 radical (unpaired) electrons. The Morgan fingerprint density at radius 2 is 1.95 bits per heavy atom. The highest BCUT2D eigenvalue weighted by Gasteiger charge is 2.34. The lowest BCUT2D eigenvalue weighted by Gasteiger charge is -2.19. The van der Waals surface area contributed by atoms with Crippen molar-refractivity contribution in [2.45, 2.75) is 25.7 Å². The second kappa shape index (κ2) is 5.12. The monoisotopic (exact) mass is 266 g/mol. The molecule has 0 heterocycles. The van der Waals surface area contributed by atoms with Gasteiger partial charge in [0, 0.05) is 12.3 Å². The molecule has 2 aromatic rings. The second-order valence-corrected chi connectivity index (χ2v) is 5.65. The number of carbonyl (C=O) groups is 1. The van der Waals surface area contributed by atoms with Gasteiger partial charge in [-0.05, 0) is 36.0 Å². The summed E-state index contributed by atoms with van der Waals surface area (Å²) in [5.74, 6) is -0.338. The second-order valence-electron chi connectivity index (χ2n) is 5.65. The summed E-state index contributed by atoms with van der Waals surface area (Å²) >= 11 is 0. The minimum atomic E-state index is -0.708. The molecule has 3 rings (SSSR count). The van der Waals surface area contributed by atoms with Crippen molar-refractivity contribution in [2.24, 2.45) is 5.92 Å². The van der Waals surface area contributed by atoms with E-state index in [0.29, 0.717) is 0 Å². The Bertz CT molecular complexity index is 631. The van der Waals surface area contributed by atoms with E-state index in [1.165, 1.54) is 22.3 Å². The standard InChI is InChI=1S/C18H18O2/c1-12-7-8-16-14(9-12)10-15(11-17(19)20)18(16)13-5-3-2-4-6-13/h2-9,15,18H,10-11H2,1H3,(H,19,20). The first-order chi connectivity index (χ1) is 9.65. The zero-order valence-corrected chi connectivity index (χ0v) is 11.5. The van der Waals surface area contributed by atoms with Crippen molar-refractivity contribution in [1.82, 2.24) is 0 Å². The summed E-state index contributed by atoms with van der Waals surface area (Å²) in [5, 5.41) is 9.17. The Morgan fingerprint density at radius 1 is 1.20 bits per heavy atom. The fourth-order valence-corrected chi connectivity index (χ4v) is 3.40. The molecule has 1 aliphatic carbocycles. The largest absolute Gasteiger partial charge is 0.481 e. The van der Waals surface area contributed by atoms with Gasteiger partial charge in [0.05, 0.1) is 0 Å². The van der Waals surface area contributed by atoms with Crippen LogP contribution < -0.4 is 0 Å². The third-order valence-corrected chi connectivity index (χ3v) is 4.18. The Labute approximate surface area is 119 Å². The van der Waals surface area contributed by atoms with Crippen LogP contribution in [0.5, 0.6) is 0 Å². The summed E-state index contributed by atoms with van der Waals surface area (Å²) < 4.78 is 0. The first-order valence-corrected chi connectivity index (χ1v) is 7.01. The molecule has 2 aromatic carbocycles. The lowest BCUT2D eigenvalue weighted by Crippen LogP contribution is -2.14. The third-order valence-electron chi connectivity index (χ3n) is 4.18. The fourth-order valence-electron chi connectivity index (χ4n) is 3.40. The maximum absolute atomic E-state index is 11.2. The maximum atomic E-state index is 11.2. The zero-order valence-electron chi connectivity index (χ0n) is 11.5. The molecule has 1 N–H and O–H groups in total. The molecule has 0 amide bonds. The first-order valence-electron chi connectivity index (χ1n) is 7.01. The number of hydrogen-bond acceptors (Lipinski definition) is 1. The number of hydrogen-bond donors (Lipinski definition) is 1. The summed E-state index contributed by atoms with van der Waals surface area (Å²) in [6, 6.07) is 16.8. The van der Waals surface area contributed by atoms with Crippen molar-refractivity contribution in [3.05, 3.63) is 70.8 Å². The van der Waals surface area contributed by atoms with Crippen LogP contribution in [-0.2, 0) is 11.2 Å². The van der Waals surface area contributed by atoms with Crippen molar-refractivity contribution < 1.29 is 9.90 Å². The molecule has 1 aliphatic rings. The molecular formula is C18H18O2. The number of fused-ring (bicyclic) bond motifs is 1. The number of aliphatic carboxylic acids is 1. The van der Waals surface area contributed by atoms with Crippen LogP contribution in [0.2, 0.25) is 0 Å². The Balaban J connectivity index is 2.05. The molecule has 2 unspecified atom stereocenters. The summed E-state index contributed by atoms with van der Waals surface area (Å²) in [7, 11) is 0. The molecule has 2 nitrogen and oxygen atoms in total. The number of carboxylic acids is 1. The Hall–Kier alpha value is -2.09. The van der Waals surface area contributed by atoms with Crippen LogP contribution in [-0.4, -0.2) is 11.1 Å². The summed E-state index contributed by atoms with van der Waals surface area (Å²) in [5.41, 5.74) is 5.08. The van der Waals surface area contributed by atoms with Crippen LogP contribution in [0.25, 0.3) is 0 Å². The molecule has 2 atom stereocenters. The summed E-state index contributed by atoms with van der Waals surface area (Å²) in [6.45, 7) is 2.09. The van der Waals surface area contributed by atoms with Crippen LogP contribution in [0.3, 0.4) is 0 Å². The van der Waals surface area contributed by atoms with E-state index in [9.17, 15) is 9.90 Å². The minimum Gasteiger partial charge on any atom is -0.481 e. The molecule has 2 heteroatoms. The van der Waals surface area contributed by atoms with Gasteiger partial charge in [-0.1, -0.05) is 54.1 Å². The van der Waals surface area contributed by atoms with Gasteiger partial charge in [-0.15, -0.1) is 0 Å². The molecule has 0 saturated heterocycles. The number of aryl methyl sites for hydroxylation is 1. The maximum Gasteiger partial charge on any atom is 0.303 e. The average Bonchev–Trinajstić information content (AvgIpc) is 2.75. The van der Waals surface area contributed by atoms with Gasteiger partial charge in [-0.2, -0.15) is 0 Å². The fraction of sp³-hybridized carbons (Fsp3) is 0.278. The summed E-state index contributed by atoms with van der Waals surface area (Å²) in [6.07, 6.45) is 1.09. The molecule has 0 spiro atoms. The van der Waals surface area contributed by atoms with Gasteiger partial charge in [-0.25, -0.2) is 0 Å². The lowest BCUT2D eigenvalue weighted by atomic mass is 9.84. The van der Waals surface area contributed by atoms with Crippen molar-refractivity contribution in [2.75, 3.05) is 0 Å². The van der Waals surface area contributed by atoms with Crippen LogP contribution in [0, 0.1) is 12.8 Å². The van der Waals surface area contributed by atoms with E-state index in [1.54, 1.807) is 0 Å². The first kappa shape index (κ1) is 12.9. The molecular weight excluding hydrogens is 248 g/mol. The quantitative estimate of drug-likeness (QED) is 0.918. The highest BCUT2D eigenvalue weighted by atomic mass is 16.4. The van der Waals surface area contributed by atoms with Gasteiger partial charge < -0.3 is 5.11 Å². The van der Waals surface area contributed by atoms with E-state index in [0.717, 1.165) is 6.42 Å². The van der Waals surface area contributed by atoms with Crippen molar-refractivity contribution in [1.29, 1.82) is 0 Å². The number of benzene rings is 2. The lowest BCUT2D eigenvalue weighted by molar-refractivity contribution is -0.138. The molecule has 102 valence electrons. The van der Waals surface area contributed by atoms with Gasteiger partial charge in [0.2, 0.25) is 0 Å². The highest BCUT2D eigenvalue weighted by Crippen LogP contribution is 2.44. The van der Waals surface area contributed by atoms with E-state index < -0.39 is 5.97 Å². The summed E-state index contributed by atoms with van der Waals surface area (Å²) in [4.78, 5) is 11.2. The molecule has 20 heavy (non-hydrogen) atoms. The van der Waals surface area contributed by atoms with E-state index >= 15 is 0 Å². The van der Waals surface area contributed by atoms with Crippen molar-refractivity contribution in [3.63, 3.8) is 0 Å². The number of carboxylic acid groups (broad SMARTS) is 1. The van der Waals surface area contributed by atoms with E-state index in [4.69, 9.17) is 0 Å². The van der Waals surface area contributed by atoms with Crippen LogP contribution in [0.4, 0.5) is 0 Å². The van der Waals surface area contributed by atoms with Gasteiger partial charge in [0.15, 0.2) is 0 Å². The normalized spacial score (nSPS) is 20.6. The van der Waals surface area contributed by atoms with E-state index in [1.807, 2.05) is 18.2 Å². The van der Waals surface area contributed by atoms with Crippen molar-refractivity contribution in [3.8, 4) is 0 Å². The van der Waals surface area contributed by atoms with Crippen LogP contribution in [0.15, 0.2) is 48.5 Å². The third kappa shape index (κ3) is 2.34. The predicted octanol–water partition coefficient (Wildman–Crippen LogP) is 3.77. The predicted molar refractivity (Wildman–Crippen MR) is 78.9 cm³/mol.